The van der Waals surface area contributed by atoms with Gasteiger partial charge in [-0.25, -0.2) is 0 Å². The molecule has 4 saturated carbocycles. The van der Waals surface area contributed by atoms with Crippen LogP contribution in [0.1, 0.15) is 54.4 Å². The number of carbonyl (C=O) groups excluding carboxylic acids is 1. The van der Waals surface area contributed by atoms with Gasteiger partial charge in [0, 0.05) is 16.3 Å². The minimum atomic E-state index is 0.0652. The van der Waals surface area contributed by atoms with Gasteiger partial charge in [-0.3, -0.25) is 4.79 Å². The Bertz CT molecular complexity index is 593. The van der Waals surface area contributed by atoms with Gasteiger partial charge in [-0.05, 0) is 95.3 Å². The van der Waals surface area contributed by atoms with Crippen LogP contribution in [0.4, 0.5) is 0 Å². The molecule has 0 spiro atoms. The van der Waals surface area contributed by atoms with E-state index in [1.54, 1.807) is 0 Å². The van der Waals surface area contributed by atoms with Crippen LogP contribution in [0.5, 0.6) is 0 Å². The van der Waals surface area contributed by atoms with Crippen LogP contribution >= 0.6 is 31.9 Å². The molecule has 4 bridgehead atoms. The van der Waals surface area contributed by atoms with Crippen LogP contribution in [0.25, 0.3) is 0 Å². The lowest BCUT2D eigenvalue weighted by Gasteiger charge is -2.56. The van der Waals surface area contributed by atoms with Crippen molar-refractivity contribution in [1.82, 2.24) is 5.32 Å². The molecule has 0 radical (unpaired) electrons. The summed E-state index contributed by atoms with van der Waals surface area (Å²) in [5.41, 5.74) is 2.28. The van der Waals surface area contributed by atoms with E-state index < -0.39 is 0 Å². The largest absolute Gasteiger partial charge is 0.351 e. The molecule has 5 rings (SSSR count). The summed E-state index contributed by atoms with van der Waals surface area (Å²) in [5, 5.41) is 4.04. The van der Waals surface area contributed by atoms with Crippen molar-refractivity contribution < 1.29 is 4.79 Å². The van der Waals surface area contributed by atoms with Crippen molar-refractivity contribution >= 4 is 37.8 Å². The number of benzene rings is 1. The number of alkyl halides is 1. The third kappa shape index (κ3) is 3.13. The standard InChI is InChI=1S/C19H23Br2NO/c20-10-12-1-2-17(21)16(6-12)18(23)22-11-19-7-13-3-14(8-19)5-15(4-13)9-19/h1-2,6,13-15H,3-5,7-11H2,(H,22,23). The van der Waals surface area contributed by atoms with E-state index in [2.05, 4.69) is 37.2 Å². The molecule has 4 aliphatic rings. The minimum Gasteiger partial charge on any atom is -0.351 e. The maximum atomic E-state index is 12.7. The molecule has 0 heterocycles. The third-order valence-electron chi connectivity index (χ3n) is 6.22. The molecule has 1 aromatic rings. The van der Waals surface area contributed by atoms with Gasteiger partial charge in [0.15, 0.2) is 0 Å². The van der Waals surface area contributed by atoms with Crippen LogP contribution in [0.2, 0.25) is 0 Å². The van der Waals surface area contributed by atoms with E-state index in [4.69, 9.17) is 0 Å². The van der Waals surface area contributed by atoms with Crippen molar-refractivity contribution in [2.45, 2.75) is 43.9 Å². The van der Waals surface area contributed by atoms with Crippen molar-refractivity contribution in [3.05, 3.63) is 33.8 Å². The average Bonchev–Trinajstić information content (AvgIpc) is 2.52. The zero-order valence-corrected chi connectivity index (χ0v) is 16.5. The first kappa shape index (κ1) is 16.1. The number of halogens is 2. The van der Waals surface area contributed by atoms with E-state index in [-0.39, 0.29) is 5.91 Å². The minimum absolute atomic E-state index is 0.0652. The fourth-order valence-electron chi connectivity index (χ4n) is 5.70. The smallest absolute Gasteiger partial charge is 0.252 e. The summed E-state index contributed by atoms with van der Waals surface area (Å²) in [6, 6.07) is 5.98. The molecule has 1 N–H and O–H groups in total. The van der Waals surface area contributed by atoms with Gasteiger partial charge < -0.3 is 5.32 Å². The van der Waals surface area contributed by atoms with Gasteiger partial charge in [-0.15, -0.1) is 0 Å². The van der Waals surface area contributed by atoms with E-state index >= 15 is 0 Å². The summed E-state index contributed by atoms with van der Waals surface area (Å²) < 4.78 is 0.880. The van der Waals surface area contributed by atoms with Crippen LogP contribution in [-0.2, 0) is 5.33 Å². The summed E-state index contributed by atoms with van der Waals surface area (Å²) in [6.07, 6.45) is 8.36. The molecule has 4 heteroatoms. The van der Waals surface area contributed by atoms with Gasteiger partial charge >= 0.3 is 0 Å². The van der Waals surface area contributed by atoms with Crippen molar-refractivity contribution in [2.75, 3.05) is 6.54 Å². The Hall–Kier alpha value is -0.350. The molecule has 0 saturated heterocycles. The molecular weight excluding hydrogens is 418 g/mol. The molecule has 1 amide bonds. The van der Waals surface area contributed by atoms with E-state index in [9.17, 15) is 4.79 Å². The summed E-state index contributed by atoms with van der Waals surface area (Å²) in [5.74, 6) is 2.86. The summed E-state index contributed by atoms with van der Waals surface area (Å²) in [4.78, 5) is 12.7. The molecule has 0 atom stereocenters. The monoisotopic (exact) mass is 439 g/mol. The highest BCUT2D eigenvalue weighted by Gasteiger charge is 2.50. The quantitative estimate of drug-likeness (QED) is 0.633. The Kier molecular flexibility index (Phi) is 4.34. The fourth-order valence-corrected chi connectivity index (χ4v) is 6.47. The van der Waals surface area contributed by atoms with E-state index in [0.717, 1.165) is 45.2 Å². The Balaban J connectivity index is 1.46. The molecule has 23 heavy (non-hydrogen) atoms. The average molecular weight is 441 g/mol. The number of nitrogens with one attached hydrogen (secondary N) is 1. The Labute approximate surface area is 155 Å². The summed E-state index contributed by atoms with van der Waals surface area (Å²) in [6.45, 7) is 0.861. The number of carbonyl (C=O) groups is 1. The summed E-state index contributed by atoms with van der Waals surface area (Å²) in [7, 11) is 0. The molecule has 0 aromatic heterocycles. The van der Waals surface area contributed by atoms with Gasteiger partial charge in [0.2, 0.25) is 0 Å². The Morgan fingerprint density at radius 1 is 1.13 bits per heavy atom. The highest BCUT2D eigenvalue weighted by molar-refractivity contribution is 9.10. The van der Waals surface area contributed by atoms with Crippen molar-refractivity contribution in [2.24, 2.45) is 23.2 Å². The van der Waals surface area contributed by atoms with Crippen LogP contribution in [0, 0.1) is 23.2 Å². The highest BCUT2D eigenvalue weighted by atomic mass is 79.9. The number of hydrogen-bond donors (Lipinski definition) is 1. The number of rotatable bonds is 4. The first-order valence-corrected chi connectivity index (χ1v) is 10.6. The fraction of sp³-hybridized carbons (Fsp3) is 0.632. The second kappa shape index (κ2) is 6.18. The van der Waals surface area contributed by atoms with Gasteiger partial charge in [0.25, 0.3) is 5.91 Å². The molecule has 1 aromatic carbocycles. The molecule has 2 nitrogen and oxygen atoms in total. The van der Waals surface area contributed by atoms with E-state index in [0.29, 0.717) is 5.41 Å². The van der Waals surface area contributed by atoms with Crippen LogP contribution in [0.15, 0.2) is 22.7 Å². The molecule has 4 fully saturated rings. The van der Waals surface area contributed by atoms with Crippen molar-refractivity contribution in [1.29, 1.82) is 0 Å². The second-order valence-corrected chi connectivity index (χ2v) is 9.46. The van der Waals surface area contributed by atoms with E-state index in [1.165, 1.54) is 38.5 Å². The second-order valence-electron chi connectivity index (χ2n) is 8.05. The lowest BCUT2D eigenvalue weighted by Crippen LogP contribution is -2.51. The van der Waals surface area contributed by atoms with Gasteiger partial charge in [0.1, 0.15) is 0 Å². The van der Waals surface area contributed by atoms with Gasteiger partial charge in [-0.1, -0.05) is 22.0 Å². The van der Waals surface area contributed by atoms with Gasteiger partial charge in [-0.2, -0.15) is 0 Å². The predicted octanol–water partition coefficient (Wildman–Crippen LogP) is 5.29. The summed E-state index contributed by atoms with van der Waals surface area (Å²) >= 11 is 6.98. The van der Waals surface area contributed by atoms with Crippen molar-refractivity contribution in [3.63, 3.8) is 0 Å². The molecule has 0 aliphatic heterocycles. The zero-order chi connectivity index (χ0) is 16.0. The highest BCUT2D eigenvalue weighted by Crippen LogP contribution is 2.59. The first-order valence-electron chi connectivity index (χ1n) is 8.69. The number of hydrogen-bond acceptors (Lipinski definition) is 1. The number of amides is 1. The normalized spacial score (nSPS) is 34.6. The lowest BCUT2D eigenvalue weighted by molar-refractivity contribution is -0.0503. The Morgan fingerprint density at radius 2 is 1.74 bits per heavy atom. The third-order valence-corrected chi connectivity index (χ3v) is 7.56. The van der Waals surface area contributed by atoms with E-state index in [1.807, 2.05) is 18.2 Å². The maximum absolute atomic E-state index is 12.7. The molecular formula is C19H23Br2NO. The Morgan fingerprint density at radius 3 is 2.30 bits per heavy atom. The van der Waals surface area contributed by atoms with Crippen LogP contribution in [-0.4, -0.2) is 12.5 Å². The van der Waals surface area contributed by atoms with Crippen LogP contribution in [0.3, 0.4) is 0 Å². The van der Waals surface area contributed by atoms with Crippen LogP contribution < -0.4 is 5.32 Å². The van der Waals surface area contributed by atoms with Crippen molar-refractivity contribution in [3.8, 4) is 0 Å². The maximum Gasteiger partial charge on any atom is 0.252 e. The first-order chi connectivity index (χ1) is 11.1. The molecule has 124 valence electrons. The van der Waals surface area contributed by atoms with Gasteiger partial charge in [0.05, 0.1) is 5.56 Å². The predicted molar refractivity (Wildman–Crippen MR) is 99.7 cm³/mol. The SMILES string of the molecule is O=C(NCC12CC3CC(CC(C3)C1)C2)c1cc(CBr)ccc1Br. The molecule has 0 unspecified atom stereocenters. The topological polar surface area (TPSA) is 29.1 Å². The zero-order valence-electron chi connectivity index (χ0n) is 13.3. The lowest BCUT2D eigenvalue weighted by atomic mass is 9.49. The molecule has 4 aliphatic carbocycles.